The lowest BCUT2D eigenvalue weighted by atomic mass is 10.1. The number of aromatic carboxylic acids is 1. The summed E-state index contributed by atoms with van der Waals surface area (Å²) in [5.41, 5.74) is -0.738. The predicted octanol–water partition coefficient (Wildman–Crippen LogP) is 2.95. The summed E-state index contributed by atoms with van der Waals surface area (Å²) in [4.78, 5) is 50.6. The van der Waals surface area contributed by atoms with E-state index in [1.54, 1.807) is 20.8 Å². The summed E-state index contributed by atoms with van der Waals surface area (Å²) in [6.45, 7) is 4.53. The van der Waals surface area contributed by atoms with Crippen LogP contribution in [-0.2, 0) is 14.3 Å². The number of carbonyl (C=O) groups excluding carboxylic acids is 4. The lowest BCUT2D eigenvalue weighted by molar-refractivity contribution is -0.255. The number of carbonyl (C=O) groups is 4. The number of carboxylic acids is 1. The van der Waals surface area contributed by atoms with Gasteiger partial charge in [-0.05, 0) is 50.6 Å². The molecular formula is C24H24ClFN3O6S-. The zero-order valence-electron chi connectivity index (χ0n) is 19.7. The average molecular weight is 537 g/mol. The molecule has 0 saturated carbocycles. The standard InChI is InChI=1S/C24H25ClFN3O6S/c1-24(2,3)35-22(33)17-12-36-20(19-15(25)8-5-9-16(19)26)29(17)18(30)11-27-23(34)28-14-7-4-6-13(10-14)21(31)32/h4-10,17,20H,11-12H2,1-3H3,(H,31,32)(H2,27,28,34)/p-1. The first-order chi connectivity index (χ1) is 16.9. The van der Waals surface area contributed by atoms with Gasteiger partial charge in [-0.1, -0.05) is 29.8 Å². The van der Waals surface area contributed by atoms with Gasteiger partial charge in [0.25, 0.3) is 0 Å². The molecule has 2 aromatic rings. The Morgan fingerprint density at radius 2 is 1.89 bits per heavy atom. The molecule has 2 aromatic carbocycles. The van der Waals surface area contributed by atoms with Gasteiger partial charge in [-0.25, -0.2) is 14.0 Å². The normalized spacial score (nSPS) is 17.4. The SMILES string of the molecule is CC(C)(C)OC(=O)C1CSC(c2c(F)cccc2Cl)N1C(=O)CNC(=O)Nc1cccc(C(=O)[O-])c1. The van der Waals surface area contributed by atoms with Gasteiger partial charge in [0.1, 0.15) is 22.8 Å². The van der Waals surface area contributed by atoms with Gasteiger partial charge in [-0.15, -0.1) is 11.8 Å². The van der Waals surface area contributed by atoms with Crippen molar-refractivity contribution in [3.63, 3.8) is 0 Å². The molecule has 2 atom stereocenters. The van der Waals surface area contributed by atoms with E-state index in [0.717, 1.165) is 11.8 Å². The first-order valence-electron chi connectivity index (χ1n) is 10.8. The van der Waals surface area contributed by atoms with E-state index in [-0.39, 0.29) is 27.6 Å². The molecule has 3 rings (SSSR count). The fourth-order valence-corrected chi connectivity index (χ4v) is 5.30. The van der Waals surface area contributed by atoms with Crippen LogP contribution in [-0.4, -0.2) is 52.7 Å². The number of halogens is 2. The van der Waals surface area contributed by atoms with Crippen LogP contribution in [0.4, 0.5) is 14.9 Å². The molecule has 0 aliphatic carbocycles. The maximum absolute atomic E-state index is 14.7. The van der Waals surface area contributed by atoms with E-state index in [9.17, 15) is 28.7 Å². The number of nitrogens with one attached hydrogen (secondary N) is 2. The quantitative estimate of drug-likeness (QED) is 0.543. The third-order valence-electron chi connectivity index (χ3n) is 4.97. The maximum Gasteiger partial charge on any atom is 0.330 e. The highest BCUT2D eigenvalue weighted by molar-refractivity contribution is 7.99. The Morgan fingerprint density at radius 3 is 2.53 bits per heavy atom. The fraction of sp³-hybridized carbons (Fsp3) is 0.333. The predicted molar refractivity (Wildman–Crippen MR) is 131 cm³/mol. The van der Waals surface area contributed by atoms with Crippen molar-refractivity contribution in [3.05, 3.63) is 64.4 Å². The summed E-state index contributed by atoms with van der Waals surface area (Å²) < 4.78 is 20.2. The highest BCUT2D eigenvalue weighted by atomic mass is 35.5. The molecule has 1 saturated heterocycles. The smallest absolute Gasteiger partial charge is 0.330 e. The molecule has 9 nitrogen and oxygen atoms in total. The third-order valence-corrected chi connectivity index (χ3v) is 6.59. The van der Waals surface area contributed by atoms with Crippen LogP contribution >= 0.6 is 23.4 Å². The Hall–Kier alpha value is -3.31. The third kappa shape index (κ3) is 6.67. The van der Waals surface area contributed by atoms with Gasteiger partial charge in [-0.2, -0.15) is 0 Å². The first kappa shape index (κ1) is 27.3. The Balaban J connectivity index is 1.78. The number of benzene rings is 2. The molecule has 0 spiro atoms. The lowest BCUT2D eigenvalue weighted by Crippen LogP contribution is -2.49. The van der Waals surface area contributed by atoms with Crippen LogP contribution in [0.25, 0.3) is 0 Å². The minimum Gasteiger partial charge on any atom is -0.545 e. The van der Waals surface area contributed by atoms with Crippen molar-refractivity contribution in [3.8, 4) is 0 Å². The van der Waals surface area contributed by atoms with E-state index >= 15 is 0 Å². The Bertz CT molecular complexity index is 1170. The Labute approximate surface area is 216 Å². The number of carboxylic acid groups (broad SMARTS) is 1. The Kier molecular flexibility index (Phi) is 8.47. The fourth-order valence-electron chi connectivity index (χ4n) is 3.48. The Morgan fingerprint density at radius 1 is 1.19 bits per heavy atom. The van der Waals surface area contributed by atoms with Crippen molar-refractivity contribution in [2.75, 3.05) is 17.6 Å². The molecule has 2 unspecified atom stereocenters. The minimum atomic E-state index is -1.41. The van der Waals surface area contributed by atoms with Crippen LogP contribution < -0.4 is 15.7 Å². The van der Waals surface area contributed by atoms with Crippen LogP contribution in [0, 0.1) is 5.82 Å². The van der Waals surface area contributed by atoms with Gasteiger partial charge in [0, 0.05) is 22.0 Å². The number of esters is 1. The zero-order valence-corrected chi connectivity index (χ0v) is 21.2. The average Bonchev–Trinajstić information content (AvgIpc) is 3.21. The molecule has 0 bridgehead atoms. The van der Waals surface area contributed by atoms with Crippen molar-refractivity contribution in [1.82, 2.24) is 10.2 Å². The molecule has 1 aliphatic rings. The topological polar surface area (TPSA) is 128 Å². The second-order valence-electron chi connectivity index (χ2n) is 8.85. The molecule has 192 valence electrons. The molecule has 1 heterocycles. The summed E-state index contributed by atoms with van der Waals surface area (Å²) in [5, 5.41) is 15.0. The second kappa shape index (κ2) is 11.2. The van der Waals surface area contributed by atoms with Crippen LogP contribution in [0.1, 0.15) is 42.1 Å². The van der Waals surface area contributed by atoms with E-state index in [0.29, 0.717) is 0 Å². The molecule has 36 heavy (non-hydrogen) atoms. The van der Waals surface area contributed by atoms with Crippen LogP contribution in [0.5, 0.6) is 0 Å². The van der Waals surface area contributed by atoms with E-state index in [4.69, 9.17) is 16.3 Å². The number of ether oxygens (including phenoxy) is 1. The summed E-state index contributed by atoms with van der Waals surface area (Å²) in [7, 11) is 0. The van der Waals surface area contributed by atoms with Gasteiger partial charge in [-0.3, -0.25) is 4.79 Å². The number of rotatable bonds is 6. The molecule has 1 aliphatic heterocycles. The minimum absolute atomic E-state index is 0.0483. The molecule has 2 N–H and O–H groups in total. The molecule has 1 fully saturated rings. The summed E-state index contributed by atoms with van der Waals surface area (Å²) in [6.07, 6.45) is 0. The zero-order chi connectivity index (χ0) is 26.6. The summed E-state index contributed by atoms with van der Waals surface area (Å²) >= 11 is 7.39. The van der Waals surface area contributed by atoms with E-state index in [1.807, 2.05) is 0 Å². The van der Waals surface area contributed by atoms with Crippen LogP contribution in [0.3, 0.4) is 0 Å². The first-order valence-corrected chi connectivity index (χ1v) is 12.3. The van der Waals surface area contributed by atoms with Crippen molar-refractivity contribution in [2.45, 2.75) is 37.8 Å². The van der Waals surface area contributed by atoms with Gasteiger partial charge < -0.3 is 30.2 Å². The number of amides is 3. The number of hydrogen-bond donors (Lipinski definition) is 2. The van der Waals surface area contributed by atoms with Gasteiger partial charge in [0.2, 0.25) is 5.91 Å². The maximum atomic E-state index is 14.7. The monoisotopic (exact) mass is 536 g/mol. The molecule has 0 aromatic heterocycles. The van der Waals surface area contributed by atoms with Crippen molar-refractivity contribution >= 4 is 52.9 Å². The molecular weight excluding hydrogens is 513 g/mol. The van der Waals surface area contributed by atoms with E-state index in [1.165, 1.54) is 47.4 Å². The van der Waals surface area contributed by atoms with Crippen molar-refractivity contribution < 1.29 is 33.4 Å². The summed E-state index contributed by atoms with van der Waals surface area (Å²) in [5.74, 6) is -3.24. The highest BCUT2D eigenvalue weighted by Crippen LogP contribution is 2.45. The molecule has 3 amide bonds. The number of thioether (sulfide) groups is 1. The number of hydrogen-bond acceptors (Lipinski definition) is 7. The molecule has 0 radical (unpaired) electrons. The molecule has 12 heteroatoms. The number of urea groups is 1. The van der Waals surface area contributed by atoms with Crippen molar-refractivity contribution in [1.29, 1.82) is 0 Å². The van der Waals surface area contributed by atoms with Gasteiger partial charge >= 0.3 is 12.0 Å². The summed E-state index contributed by atoms with van der Waals surface area (Å²) in [6, 6.07) is 7.67. The van der Waals surface area contributed by atoms with Gasteiger partial charge in [0.05, 0.1) is 12.5 Å². The highest BCUT2D eigenvalue weighted by Gasteiger charge is 2.45. The largest absolute Gasteiger partial charge is 0.545 e. The number of anilines is 1. The van der Waals surface area contributed by atoms with Crippen LogP contribution in [0.2, 0.25) is 5.02 Å². The van der Waals surface area contributed by atoms with E-state index in [2.05, 4.69) is 10.6 Å². The second-order valence-corrected chi connectivity index (χ2v) is 10.4. The van der Waals surface area contributed by atoms with Gasteiger partial charge in [0.15, 0.2) is 0 Å². The van der Waals surface area contributed by atoms with Crippen LogP contribution in [0.15, 0.2) is 42.5 Å². The van der Waals surface area contributed by atoms with E-state index < -0.39 is 53.3 Å². The number of nitrogens with zero attached hydrogens (tertiary/aromatic N) is 1. The lowest BCUT2D eigenvalue weighted by Gasteiger charge is -2.31. The van der Waals surface area contributed by atoms with Crippen molar-refractivity contribution in [2.24, 2.45) is 0 Å².